The van der Waals surface area contributed by atoms with Crippen molar-refractivity contribution in [3.8, 4) is 0 Å². The molecule has 0 atom stereocenters. The Labute approximate surface area is 104 Å². The Kier molecular flexibility index (Phi) is 5.66. The number of rotatable bonds is 6. The molecule has 0 bridgehead atoms. The zero-order valence-corrected chi connectivity index (χ0v) is 11.3. The van der Waals surface area contributed by atoms with Crippen LogP contribution in [0.5, 0.6) is 0 Å². The maximum atomic E-state index is 5.77. The molecular formula is C12H24N2OS. The highest BCUT2D eigenvalue weighted by Crippen LogP contribution is 2.30. The van der Waals surface area contributed by atoms with E-state index in [1.807, 2.05) is 0 Å². The van der Waals surface area contributed by atoms with Gasteiger partial charge in [0.2, 0.25) is 0 Å². The average Bonchev–Trinajstić information content (AvgIpc) is 2.27. The first-order valence-electron chi connectivity index (χ1n) is 6.18. The van der Waals surface area contributed by atoms with E-state index in [4.69, 9.17) is 22.7 Å². The predicted molar refractivity (Wildman–Crippen MR) is 71.7 cm³/mol. The van der Waals surface area contributed by atoms with Crippen LogP contribution in [-0.2, 0) is 4.74 Å². The molecule has 0 aromatic rings. The summed E-state index contributed by atoms with van der Waals surface area (Å²) in [6.07, 6.45) is 3.26. The number of likely N-dealkylation sites (tertiary alicyclic amines) is 1. The molecule has 0 saturated carbocycles. The van der Waals surface area contributed by atoms with E-state index in [-0.39, 0.29) is 5.41 Å². The van der Waals surface area contributed by atoms with Crippen molar-refractivity contribution in [2.75, 3.05) is 32.8 Å². The van der Waals surface area contributed by atoms with Gasteiger partial charge in [-0.2, -0.15) is 0 Å². The number of nitrogens with two attached hydrogens (primary N) is 1. The fourth-order valence-electron chi connectivity index (χ4n) is 1.96. The quantitative estimate of drug-likeness (QED) is 0.571. The van der Waals surface area contributed by atoms with Crippen molar-refractivity contribution >= 4 is 17.2 Å². The fourth-order valence-corrected chi connectivity index (χ4v) is 2.16. The third kappa shape index (κ3) is 4.00. The molecule has 16 heavy (non-hydrogen) atoms. The lowest BCUT2D eigenvalue weighted by atomic mass is 9.80. The van der Waals surface area contributed by atoms with Crippen molar-refractivity contribution in [3.05, 3.63) is 0 Å². The van der Waals surface area contributed by atoms with Gasteiger partial charge in [-0.3, -0.25) is 0 Å². The SMILES string of the molecule is CCCOCCN1CCC(C)(C(N)=S)CC1. The molecule has 0 aromatic heterocycles. The molecule has 0 unspecified atom stereocenters. The van der Waals surface area contributed by atoms with Crippen LogP contribution in [-0.4, -0.2) is 42.7 Å². The Morgan fingerprint density at radius 3 is 2.50 bits per heavy atom. The second kappa shape index (κ2) is 6.52. The van der Waals surface area contributed by atoms with Crippen LogP contribution >= 0.6 is 12.2 Å². The van der Waals surface area contributed by atoms with Gasteiger partial charge in [-0.05, 0) is 32.4 Å². The number of ether oxygens (including phenoxy) is 1. The summed E-state index contributed by atoms with van der Waals surface area (Å²) in [6.45, 7) is 9.24. The minimum absolute atomic E-state index is 0.0795. The molecular weight excluding hydrogens is 220 g/mol. The largest absolute Gasteiger partial charge is 0.393 e. The van der Waals surface area contributed by atoms with Crippen molar-refractivity contribution in [1.82, 2.24) is 4.90 Å². The summed E-state index contributed by atoms with van der Waals surface area (Å²) in [7, 11) is 0. The number of hydrogen-bond donors (Lipinski definition) is 1. The van der Waals surface area contributed by atoms with E-state index in [0.717, 1.165) is 52.1 Å². The highest BCUT2D eigenvalue weighted by atomic mass is 32.1. The standard InChI is InChI=1S/C12H24N2OS/c1-3-9-15-10-8-14-6-4-12(2,5-7-14)11(13)16/h3-10H2,1-2H3,(H2,13,16). The Balaban J connectivity index is 2.19. The zero-order chi connectivity index (χ0) is 12.0. The number of thiocarbonyl (C=S) groups is 1. The van der Waals surface area contributed by atoms with Gasteiger partial charge in [0.25, 0.3) is 0 Å². The molecule has 1 fully saturated rings. The number of piperidine rings is 1. The normalized spacial score (nSPS) is 20.9. The molecule has 4 heteroatoms. The van der Waals surface area contributed by atoms with Gasteiger partial charge < -0.3 is 15.4 Å². The fraction of sp³-hybridized carbons (Fsp3) is 0.917. The first-order valence-corrected chi connectivity index (χ1v) is 6.59. The molecule has 1 saturated heterocycles. The minimum atomic E-state index is 0.0795. The third-order valence-electron chi connectivity index (χ3n) is 3.45. The molecule has 0 spiro atoms. The summed E-state index contributed by atoms with van der Waals surface area (Å²) in [4.78, 5) is 3.12. The summed E-state index contributed by atoms with van der Waals surface area (Å²) in [5.41, 5.74) is 5.85. The van der Waals surface area contributed by atoms with Crippen LogP contribution in [0.3, 0.4) is 0 Å². The van der Waals surface area contributed by atoms with Gasteiger partial charge in [0.1, 0.15) is 0 Å². The summed E-state index contributed by atoms with van der Waals surface area (Å²) in [5.74, 6) is 0. The van der Waals surface area contributed by atoms with E-state index in [9.17, 15) is 0 Å². The summed E-state index contributed by atoms with van der Waals surface area (Å²) < 4.78 is 5.49. The highest BCUT2D eigenvalue weighted by Gasteiger charge is 2.32. The van der Waals surface area contributed by atoms with Gasteiger partial charge in [-0.15, -0.1) is 0 Å². The number of hydrogen-bond acceptors (Lipinski definition) is 3. The smallest absolute Gasteiger partial charge is 0.0788 e. The molecule has 1 aliphatic rings. The van der Waals surface area contributed by atoms with Crippen LogP contribution in [0.25, 0.3) is 0 Å². The van der Waals surface area contributed by atoms with Crippen molar-refractivity contribution in [1.29, 1.82) is 0 Å². The third-order valence-corrected chi connectivity index (χ3v) is 3.95. The lowest BCUT2D eigenvalue weighted by Crippen LogP contribution is -2.45. The average molecular weight is 244 g/mol. The van der Waals surface area contributed by atoms with Crippen LogP contribution in [0.4, 0.5) is 0 Å². The van der Waals surface area contributed by atoms with Crippen molar-refractivity contribution < 1.29 is 4.74 Å². The molecule has 0 radical (unpaired) electrons. The second-order valence-electron chi connectivity index (χ2n) is 4.88. The van der Waals surface area contributed by atoms with Crippen LogP contribution in [0.1, 0.15) is 33.1 Å². The predicted octanol–water partition coefficient (Wildman–Crippen LogP) is 1.80. The van der Waals surface area contributed by atoms with Crippen molar-refractivity contribution in [2.24, 2.45) is 11.1 Å². The summed E-state index contributed by atoms with van der Waals surface area (Å²) >= 11 is 5.12. The van der Waals surface area contributed by atoms with E-state index in [0.29, 0.717) is 4.99 Å². The molecule has 0 aromatic carbocycles. The van der Waals surface area contributed by atoms with E-state index in [1.165, 1.54) is 0 Å². The van der Waals surface area contributed by atoms with Gasteiger partial charge in [-0.25, -0.2) is 0 Å². The maximum absolute atomic E-state index is 5.77. The lowest BCUT2D eigenvalue weighted by Gasteiger charge is -2.38. The van der Waals surface area contributed by atoms with Crippen molar-refractivity contribution in [2.45, 2.75) is 33.1 Å². The van der Waals surface area contributed by atoms with Gasteiger partial charge in [0.15, 0.2) is 0 Å². The van der Waals surface area contributed by atoms with E-state index >= 15 is 0 Å². The Morgan fingerprint density at radius 1 is 1.38 bits per heavy atom. The van der Waals surface area contributed by atoms with Crippen LogP contribution in [0, 0.1) is 5.41 Å². The van der Waals surface area contributed by atoms with Crippen LogP contribution in [0.15, 0.2) is 0 Å². The number of nitrogens with zero attached hydrogens (tertiary/aromatic N) is 1. The van der Waals surface area contributed by atoms with E-state index in [2.05, 4.69) is 18.7 Å². The Bertz CT molecular complexity index is 225. The summed E-state index contributed by atoms with van der Waals surface area (Å²) in [5, 5.41) is 0. The zero-order valence-electron chi connectivity index (χ0n) is 10.5. The molecule has 1 aliphatic heterocycles. The maximum Gasteiger partial charge on any atom is 0.0788 e. The van der Waals surface area contributed by atoms with Gasteiger partial charge in [0.05, 0.1) is 11.6 Å². The summed E-state index contributed by atoms with van der Waals surface area (Å²) in [6, 6.07) is 0. The Morgan fingerprint density at radius 2 is 2.00 bits per heavy atom. The topological polar surface area (TPSA) is 38.5 Å². The molecule has 3 nitrogen and oxygen atoms in total. The van der Waals surface area contributed by atoms with Crippen molar-refractivity contribution in [3.63, 3.8) is 0 Å². The molecule has 2 N–H and O–H groups in total. The molecule has 1 heterocycles. The molecule has 0 aliphatic carbocycles. The van der Waals surface area contributed by atoms with Crippen LogP contribution < -0.4 is 5.73 Å². The monoisotopic (exact) mass is 244 g/mol. The van der Waals surface area contributed by atoms with Gasteiger partial charge >= 0.3 is 0 Å². The molecule has 0 amide bonds. The highest BCUT2D eigenvalue weighted by molar-refractivity contribution is 7.80. The second-order valence-corrected chi connectivity index (χ2v) is 5.32. The van der Waals surface area contributed by atoms with E-state index in [1.54, 1.807) is 0 Å². The Hall–Kier alpha value is -0.190. The minimum Gasteiger partial charge on any atom is -0.393 e. The van der Waals surface area contributed by atoms with Gasteiger partial charge in [-0.1, -0.05) is 26.1 Å². The molecule has 1 rings (SSSR count). The first kappa shape index (κ1) is 13.9. The molecule has 94 valence electrons. The van der Waals surface area contributed by atoms with Gasteiger partial charge in [0, 0.05) is 18.6 Å². The lowest BCUT2D eigenvalue weighted by molar-refractivity contribution is 0.0838. The van der Waals surface area contributed by atoms with E-state index < -0.39 is 0 Å². The first-order chi connectivity index (χ1) is 7.58. The van der Waals surface area contributed by atoms with Crippen LogP contribution in [0.2, 0.25) is 0 Å².